The number of nitrogens with one attached hydrogen (secondary N) is 2. The zero-order valence-electron chi connectivity index (χ0n) is 11.0. The molecule has 0 aliphatic rings. The van der Waals surface area contributed by atoms with E-state index in [9.17, 15) is 9.90 Å². The van der Waals surface area contributed by atoms with Gasteiger partial charge in [0.05, 0.1) is 13.2 Å². The molecule has 4 nitrogen and oxygen atoms in total. The lowest BCUT2D eigenvalue weighted by Crippen LogP contribution is -2.43. The average Bonchev–Trinajstić information content (AvgIpc) is 2.35. The fourth-order valence-electron chi connectivity index (χ4n) is 1.71. The van der Waals surface area contributed by atoms with E-state index < -0.39 is 0 Å². The Morgan fingerprint density at radius 1 is 1.28 bits per heavy atom. The molecule has 18 heavy (non-hydrogen) atoms. The Morgan fingerprint density at radius 2 is 1.94 bits per heavy atom. The van der Waals surface area contributed by atoms with Gasteiger partial charge in [0.25, 0.3) is 0 Å². The van der Waals surface area contributed by atoms with Gasteiger partial charge in [-0.3, -0.25) is 4.79 Å². The first-order chi connectivity index (χ1) is 8.61. The van der Waals surface area contributed by atoms with Crippen LogP contribution in [0.25, 0.3) is 0 Å². The molecule has 0 heterocycles. The van der Waals surface area contributed by atoms with Gasteiger partial charge in [0.1, 0.15) is 0 Å². The zero-order valence-corrected chi connectivity index (χ0v) is 11.0. The molecular weight excluding hydrogens is 228 g/mol. The van der Waals surface area contributed by atoms with Gasteiger partial charge in [0.15, 0.2) is 0 Å². The molecule has 1 unspecified atom stereocenters. The van der Waals surface area contributed by atoms with E-state index in [2.05, 4.69) is 10.6 Å². The van der Waals surface area contributed by atoms with Crippen molar-refractivity contribution in [2.45, 2.75) is 32.4 Å². The second-order valence-electron chi connectivity index (χ2n) is 4.67. The molecule has 4 heteroatoms. The van der Waals surface area contributed by atoms with E-state index in [0.717, 1.165) is 5.56 Å². The second kappa shape index (κ2) is 7.84. The third-order valence-corrected chi connectivity index (χ3v) is 2.55. The molecule has 0 aliphatic heterocycles. The highest BCUT2D eigenvalue weighted by Gasteiger charge is 2.10. The monoisotopic (exact) mass is 250 g/mol. The Kier molecular flexibility index (Phi) is 6.39. The predicted octanol–water partition coefficient (Wildman–Crippen LogP) is 0.704. The summed E-state index contributed by atoms with van der Waals surface area (Å²) in [5.74, 6) is -0.0449. The van der Waals surface area contributed by atoms with E-state index in [1.807, 2.05) is 44.2 Å². The Balaban J connectivity index is 2.36. The SMILES string of the molecule is CC(C)NC(=O)CNC(CO)Cc1ccccc1. The van der Waals surface area contributed by atoms with Crippen LogP contribution in [-0.4, -0.2) is 36.2 Å². The van der Waals surface area contributed by atoms with Crippen molar-refractivity contribution in [3.63, 3.8) is 0 Å². The molecule has 0 fully saturated rings. The minimum Gasteiger partial charge on any atom is -0.395 e. The Morgan fingerprint density at radius 3 is 2.50 bits per heavy atom. The van der Waals surface area contributed by atoms with E-state index >= 15 is 0 Å². The van der Waals surface area contributed by atoms with E-state index in [-0.39, 0.29) is 31.1 Å². The maximum Gasteiger partial charge on any atom is 0.234 e. The van der Waals surface area contributed by atoms with Crippen LogP contribution < -0.4 is 10.6 Å². The molecule has 1 atom stereocenters. The molecule has 0 bridgehead atoms. The number of carbonyl (C=O) groups is 1. The number of rotatable bonds is 7. The molecule has 0 aliphatic carbocycles. The highest BCUT2D eigenvalue weighted by Crippen LogP contribution is 2.02. The zero-order chi connectivity index (χ0) is 13.4. The molecule has 100 valence electrons. The molecule has 0 spiro atoms. The molecule has 1 amide bonds. The van der Waals surface area contributed by atoms with Crippen molar-refractivity contribution in [1.29, 1.82) is 0 Å². The van der Waals surface area contributed by atoms with Crippen LogP contribution in [0.5, 0.6) is 0 Å². The maximum atomic E-state index is 11.5. The van der Waals surface area contributed by atoms with Crippen molar-refractivity contribution < 1.29 is 9.90 Å². The minimum absolute atomic E-state index is 0.0177. The van der Waals surface area contributed by atoms with Crippen molar-refractivity contribution in [2.75, 3.05) is 13.2 Å². The first-order valence-corrected chi connectivity index (χ1v) is 6.29. The number of hydrogen-bond acceptors (Lipinski definition) is 3. The first kappa shape index (κ1) is 14.7. The van der Waals surface area contributed by atoms with E-state index in [0.29, 0.717) is 6.42 Å². The van der Waals surface area contributed by atoms with Crippen LogP contribution in [0.2, 0.25) is 0 Å². The van der Waals surface area contributed by atoms with Crippen LogP contribution in [-0.2, 0) is 11.2 Å². The molecule has 0 saturated carbocycles. The smallest absolute Gasteiger partial charge is 0.234 e. The van der Waals surface area contributed by atoms with Crippen LogP contribution in [0.15, 0.2) is 30.3 Å². The molecule has 0 saturated heterocycles. The van der Waals surface area contributed by atoms with Crippen LogP contribution in [0, 0.1) is 0 Å². The first-order valence-electron chi connectivity index (χ1n) is 6.29. The summed E-state index contributed by atoms with van der Waals surface area (Å²) in [4.78, 5) is 11.5. The lowest BCUT2D eigenvalue weighted by Gasteiger charge is -2.17. The Bertz CT molecular complexity index is 352. The third-order valence-electron chi connectivity index (χ3n) is 2.55. The summed E-state index contributed by atoms with van der Waals surface area (Å²) in [6.45, 7) is 4.09. The normalized spacial score (nSPS) is 12.4. The van der Waals surface area contributed by atoms with E-state index in [1.54, 1.807) is 0 Å². The van der Waals surface area contributed by atoms with E-state index in [4.69, 9.17) is 0 Å². The average molecular weight is 250 g/mol. The lowest BCUT2D eigenvalue weighted by molar-refractivity contribution is -0.120. The van der Waals surface area contributed by atoms with Gasteiger partial charge in [0, 0.05) is 12.1 Å². The van der Waals surface area contributed by atoms with Gasteiger partial charge in [-0.15, -0.1) is 0 Å². The number of hydrogen-bond donors (Lipinski definition) is 3. The van der Waals surface area contributed by atoms with Crippen molar-refractivity contribution in [3.05, 3.63) is 35.9 Å². The van der Waals surface area contributed by atoms with Crippen LogP contribution in [0.1, 0.15) is 19.4 Å². The number of amides is 1. The van der Waals surface area contributed by atoms with E-state index in [1.165, 1.54) is 0 Å². The highest BCUT2D eigenvalue weighted by atomic mass is 16.3. The topological polar surface area (TPSA) is 61.4 Å². The summed E-state index contributed by atoms with van der Waals surface area (Å²) in [6, 6.07) is 9.97. The second-order valence-corrected chi connectivity index (χ2v) is 4.67. The molecule has 3 N–H and O–H groups in total. The minimum atomic E-state index is -0.0923. The molecule has 1 aromatic carbocycles. The Labute approximate surface area is 108 Å². The summed E-state index contributed by atoms with van der Waals surface area (Å²) in [5, 5.41) is 15.2. The predicted molar refractivity (Wildman–Crippen MR) is 72.3 cm³/mol. The van der Waals surface area contributed by atoms with Crippen molar-refractivity contribution in [2.24, 2.45) is 0 Å². The van der Waals surface area contributed by atoms with Crippen molar-refractivity contribution in [1.82, 2.24) is 10.6 Å². The molecule has 0 aromatic heterocycles. The standard InChI is InChI=1S/C14H22N2O2/c1-11(2)16-14(18)9-15-13(10-17)8-12-6-4-3-5-7-12/h3-7,11,13,15,17H,8-10H2,1-2H3,(H,16,18). The fourth-order valence-corrected chi connectivity index (χ4v) is 1.71. The summed E-state index contributed by atoms with van der Waals surface area (Å²) in [5.41, 5.74) is 1.15. The van der Waals surface area contributed by atoms with Gasteiger partial charge in [-0.05, 0) is 25.8 Å². The summed E-state index contributed by atoms with van der Waals surface area (Å²) >= 11 is 0. The van der Waals surface area contributed by atoms with Gasteiger partial charge in [-0.25, -0.2) is 0 Å². The van der Waals surface area contributed by atoms with Crippen LogP contribution >= 0.6 is 0 Å². The Hall–Kier alpha value is -1.39. The maximum absolute atomic E-state index is 11.5. The lowest BCUT2D eigenvalue weighted by atomic mass is 10.1. The summed E-state index contributed by atoms with van der Waals surface area (Å²) < 4.78 is 0. The summed E-state index contributed by atoms with van der Waals surface area (Å²) in [7, 11) is 0. The van der Waals surface area contributed by atoms with Gasteiger partial charge in [-0.2, -0.15) is 0 Å². The van der Waals surface area contributed by atoms with Crippen molar-refractivity contribution in [3.8, 4) is 0 Å². The number of aliphatic hydroxyl groups is 1. The number of carbonyl (C=O) groups excluding carboxylic acids is 1. The largest absolute Gasteiger partial charge is 0.395 e. The van der Waals surface area contributed by atoms with Gasteiger partial charge >= 0.3 is 0 Å². The number of benzene rings is 1. The van der Waals surface area contributed by atoms with Crippen molar-refractivity contribution >= 4 is 5.91 Å². The quantitative estimate of drug-likeness (QED) is 0.668. The molecule has 1 rings (SSSR count). The third kappa shape index (κ3) is 5.80. The van der Waals surface area contributed by atoms with Gasteiger partial charge in [0.2, 0.25) is 5.91 Å². The summed E-state index contributed by atoms with van der Waals surface area (Å²) in [6.07, 6.45) is 0.715. The van der Waals surface area contributed by atoms with Crippen LogP contribution in [0.3, 0.4) is 0 Å². The molecule has 1 aromatic rings. The van der Waals surface area contributed by atoms with Crippen LogP contribution in [0.4, 0.5) is 0 Å². The highest BCUT2D eigenvalue weighted by molar-refractivity contribution is 5.78. The van der Waals surface area contributed by atoms with Gasteiger partial charge in [-0.1, -0.05) is 30.3 Å². The van der Waals surface area contributed by atoms with Gasteiger partial charge < -0.3 is 15.7 Å². The molecule has 0 radical (unpaired) electrons. The molecular formula is C14H22N2O2. The fraction of sp³-hybridized carbons (Fsp3) is 0.500. The number of aliphatic hydroxyl groups excluding tert-OH is 1.